The van der Waals surface area contributed by atoms with Crippen LogP contribution in [0.25, 0.3) is 0 Å². The van der Waals surface area contributed by atoms with E-state index in [9.17, 15) is 4.79 Å². The van der Waals surface area contributed by atoms with Crippen LogP contribution in [0.5, 0.6) is 11.5 Å². The van der Waals surface area contributed by atoms with E-state index in [0.717, 1.165) is 29.7 Å². The standard InChI is InChI=1S/C23H29NO3/c1-4-26-21-13-12-18(15-22(21)27-5-2)16(3)24-23(25)20-11-10-17-8-6-7-9-19(17)14-20/h10-16H,4-9H2,1-3H3,(H,24,25)/t16-/m0/s1. The van der Waals surface area contributed by atoms with Crippen LogP contribution in [0.1, 0.15) is 66.7 Å². The minimum atomic E-state index is -0.122. The third-order valence-corrected chi connectivity index (χ3v) is 5.03. The quantitative estimate of drug-likeness (QED) is 0.761. The van der Waals surface area contributed by atoms with Gasteiger partial charge in [0.2, 0.25) is 0 Å². The van der Waals surface area contributed by atoms with Gasteiger partial charge in [0.1, 0.15) is 0 Å². The zero-order valence-corrected chi connectivity index (χ0v) is 16.5. The molecule has 0 aliphatic heterocycles. The molecule has 0 bridgehead atoms. The van der Waals surface area contributed by atoms with Crippen molar-refractivity contribution in [1.82, 2.24) is 5.32 Å². The topological polar surface area (TPSA) is 47.6 Å². The molecule has 27 heavy (non-hydrogen) atoms. The molecule has 0 spiro atoms. The zero-order chi connectivity index (χ0) is 19.2. The van der Waals surface area contributed by atoms with Crippen LogP contribution in [0, 0.1) is 0 Å². The van der Waals surface area contributed by atoms with Gasteiger partial charge in [-0.2, -0.15) is 0 Å². The van der Waals surface area contributed by atoms with E-state index in [1.165, 1.54) is 24.0 Å². The molecule has 1 aliphatic rings. The summed E-state index contributed by atoms with van der Waals surface area (Å²) < 4.78 is 11.3. The Bertz CT molecular complexity index is 800. The Labute approximate surface area is 161 Å². The molecule has 2 aromatic rings. The number of amides is 1. The van der Waals surface area contributed by atoms with Gasteiger partial charge in [-0.3, -0.25) is 4.79 Å². The highest BCUT2D eigenvalue weighted by Crippen LogP contribution is 2.31. The molecule has 0 aromatic heterocycles. The van der Waals surface area contributed by atoms with Gasteiger partial charge >= 0.3 is 0 Å². The number of rotatable bonds is 7. The van der Waals surface area contributed by atoms with E-state index in [1.807, 2.05) is 45.0 Å². The van der Waals surface area contributed by atoms with Crippen molar-refractivity contribution in [3.8, 4) is 11.5 Å². The minimum absolute atomic E-state index is 0.0391. The highest BCUT2D eigenvalue weighted by molar-refractivity contribution is 5.94. The summed E-state index contributed by atoms with van der Waals surface area (Å²) in [6, 6.07) is 11.8. The van der Waals surface area contributed by atoms with E-state index >= 15 is 0 Å². The summed E-state index contributed by atoms with van der Waals surface area (Å²) in [6.07, 6.45) is 4.65. The Morgan fingerprint density at radius 3 is 2.41 bits per heavy atom. The second-order valence-electron chi connectivity index (χ2n) is 6.96. The van der Waals surface area contributed by atoms with Gasteiger partial charge in [0, 0.05) is 5.56 Å². The molecule has 1 atom stereocenters. The maximum atomic E-state index is 12.7. The SMILES string of the molecule is CCOc1ccc([C@H](C)NC(=O)c2ccc3c(c2)CCCC3)cc1OCC. The first-order valence-electron chi connectivity index (χ1n) is 9.94. The van der Waals surface area contributed by atoms with Crippen molar-refractivity contribution < 1.29 is 14.3 Å². The van der Waals surface area contributed by atoms with Crippen LogP contribution >= 0.6 is 0 Å². The van der Waals surface area contributed by atoms with Crippen LogP contribution in [0.4, 0.5) is 0 Å². The highest BCUT2D eigenvalue weighted by Gasteiger charge is 2.16. The predicted molar refractivity (Wildman–Crippen MR) is 108 cm³/mol. The van der Waals surface area contributed by atoms with Gasteiger partial charge in [-0.1, -0.05) is 12.1 Å². The van der Waals surface area contributed by atoms with E-state index < -0.39 is 0 Å². The summed E-state index contributed by atoms with van der Waals surface area (Å²) in [7, 11) is 0. The molecule has 0 fully saturated rings. The molecule has 0 unspecified atom stereocenters. The van der Waals surface area contributed by atoms with Gasteiger partial charge in [-0.05, 0) is 87.4 Å². The first kappa shape index (κ1) is 19.3. The monoisotopic (exact) mass is 367 g/mol. The maximum Gasteiger partial charge on any atom is 0.251 e. The number of carbonyl (C=O) groups excluding carboxylic acids is 1. The molecule has 1 N–H and O–H groups in total. The smallest absolute Gasteiger partial charge is 0.251 e. The lowest BCUT2D eigenvalue weighted by molar-refractivity contribution is 0.0939. The molecule has 0 radical (unpaired) electrons. The first-order chi connectivity index (χ1) is 13.1. The minimum Gasteiger partial charge on any atom is -0.490 e. The van der Waals surface area contributed by atoms with Crippen molar-refractivity contribution in [2.45, 2.75) is 52.5 Å². The molecular weight excluding hydrogens is 338 g/mol. The number of hydrogen-bond acceptors (Lipinski definition) is 3. The van der Waals surface area contributed by atoms with E-state index in [0.29, 0.717) is 19.0 Å². The van der Waals surface area contributed by atoms with Crippen molar-refractivity contribution in [3.63, 3.8) is 0 Å². The molecule has 2 aromatic carbocycles. The van der Waals surface area contributed by atoms with Crippen LogP contribution < -0.4 is 14.8 Å². The Kier molecular flexibility index (Phi) is 6.38. The van der Waals surface area contributed by atoms with Gasteiger partial charge in [0.05, 0.1) is 19.3 Å². The lowest BCUT2D eigenvalue weighted by Gasteiger charge is -2.19. The maximum absolute atomic E-state index is 12.7. The molecule has 0 heterocycles. The summed E-state index contributed by atoms with van der Waals surface area (Å²) in [5.74, 6) is 1.41. The fourth-order valence-corrected chi connectivity index (χ4v) is 3.58. The van der Waals surface area contributed by atoms with Gasteiger partial charge < -0.3 is 14.8 Å². The van der Waals surface area contributed by atoms with Crippen LogP contribution in [-0.4, -0.2) is 19.1 Å². The van der Waals surface area contributed by atoms with Crippen LogP contribution in [-0.2, 0) is 12.8 Å². The zero-order valence-electron chi connectivity index (χ0n) is 16.5. The van der Waals surface area contributed by atoms with Gasteiger partial charge in [0.25, 0.3) is 5.91 Å². The van der Waals surface area contributed by atoms with Gasteiger partial charge in [-0.15, -0.1) is 0 Å². The largest absolute Gasteiger partial charge is 0.490 e. The number of ether oxygens (including phenoxy) is 2. The number of aryl methyl sites for hydroxylation is 2. The average Bonchev–Trinajstić information content (AvgIpc) is 2.69. The molecule has 4 nitrogen and oxygen atoms in total. The number of carbonyl (C=O) groups is 1. The van der Waals surface area contributed by atoms with Crippen molar-refractivity contribution in [2.24, 2.45) is 0 Å². The van der Waals surface area contributed by atoms with E-state index in [1.54, 1.807) is 0 Å². The molecule has 4 heteroatoms. The summed E-state index contributed by atoms with van der Waals surface area (Å²) in [4.78, 5) is 12.7. The fraction of sp³-hybridized carbons (Fsp3) is 0.435. The normalized spacial score (nSPS) is 14.2. The molecule has 1 amide bonds. The molecule has 1 aliphatic carbocycles. The van der Waals surface area contributed by atoms with Crippen LogP contribution in [0.3, 0.4) is 0 Å². The Balaban J connectivity index is 1.73. The lowest BCUT2D eigenvalue weighted by atomic mass is 9.90. The van der Waals surface area contributed by atoms with Crippen LogP contribution in [0.2, 0.25) is 0 Å². The molecule has 3 rings (SSSR count). The Morgan fingerprint density at radius 1 is 0.963 bits per heavy atom. The van der Waals surface area contributed by atoms with Crippen LogP contribution in [0.15, 0.2) is 36.4 Å². The summed E-state index contributed by atoms with van der Waals surface area (Å²) in [5.41, 5.74) is 4.44. The molecule has 0 saturated carbocycles. The average molecular weight is 367 g/mol. The third kappa shape index (κ3) is 4.62. The molecular formula is C23H29NO3. The lowest BCUT2D eigenvalue weighted by Crippen LogP contribution is -2.27. The fourth-order valence-electron chi connectivity index (χ4n) is 3.58. The van der Waals surface area contributed by atoms with Gasteiger partial charge in [0.15, 0.2) is 11.5 Å². The van der Waals surface area contributed by atoms with Crippen molar-refractivity contribution in [2.75, 3.05) is 13.2 Å². The highest BCUT2D eigenvalue weighted by atomic mass is 16.5. The summed E-state index contributed by atoms with van der Waals surface area (Å²) >= 11 is 0. The van der Waals surface area contributed by atoms with E-state index in [4.69, 9.17) is 9.47 Å². The number of benzene rings is 2. The number of fused-ring (bicyclic) bond motifs is 1. The predicted octanol–water partition coefficient (Wildman–Crippen LogP) is 4.85. The second kappa shape index (κ2) is 8.94. The van der Waals surface area contributed by atoms with E-state index in [2.05, 4.69) is 17.4 Å². The van der Waals surface area contributed by atoms with Crippen molar-refractivity contribution in [3.05, 3.63) is 58.7 Å². The Hall–Kier alpha value is -2.49. The number of nitrogens with one attached hydrogen (secondary N) is 1. The molecule has 0 saturated heterocycles. The van der Waals surface area contributed by atoms with Gasteiger partial charge in [-0.25, -0.2) is 0 Å². The second-order valence-corrected chi connectivity index (χ2v) is 6.96. The summed E-state index contributed by atoms with van der Waals surface area (Å²) in [6.45, 7) is 7.04. The van der Waals surface area contributed by atoms with E-state index in [-0.39, 0.29) is 11.9 Å². The molecule has 144 valence electrons. The van der Waals surface area contributed by atoms with Crippen molar-refractivity contribution in [1.29, 1.82) is 0 Å². The number of hydrogen-bond donors (Lipinski definition) is 1. The Morgan fingerprint density at radius 2 is 1.67 bits per heavy atom. The first-order valence-corrected chi connectivity index (χ1v) is 9.94. The summed E-state index contributed by atoms with van der Waals surface area (Å²) in [5, 5.41) is 3.10. The third-order valence-electron chi connectivity index (χ3n) is 5.03. The van der Waals surface area contributed by atoms with Crippen molar-refractivity contribution >= 4 is 5.91 Å².